The van der Waals surface area contributed by atoms with Crippen molar-refractivity contribution in [2.75, 3.05) is 18.5 Å². The van der Waals surface area contributed by atoms with Crippen LogP contribution in [0.2, 0.25) is 0 Å². The first-order chi connectivity index (χ1) is 15.1. The van der Waals surface area contributed by atoms with Gasteiger partial charge < -0.3 is 14.2 Å². The summed E-state index contributed by atoms with van der Waals surface area (Å²) in [6, 6.07) is 15.2. The third-order valence-electron chi connectivity index (χ3n) is 4.98. The molecule has 0 bridgehead atoms. The van der Waals surface area contributed by atoms with Gasteiger partial charge in [0.2, 0.25) is 0 Å². The summed E-state index contributed by atoms with van der Waals surface area (Å²) >= 11 is 0. The predicted octanol–water partition coefficient (Wildman–Crippen LogP) is 4.98. The number of benzene rings is 3. The van der Waals surface area contributed by atoms with E-state index in [1.54, 1.807) is 30.3 Å². The van der Waals surface area contributed by atoms with Gasteiger partial charge in [-0.25, -0.2) is 8.42 Å². The third-order valence-corrected chi connectivity index (χ3v) is 6.78. The number of fused-ring (bicyclic) bond motifs is 3. The second-order valence-corrected chi connectivity index (χ2v) is 8.76. The van der Waals surface area contributed by atoms with Crippen LogP contribution in [0.4, 0.5) is 18.9 Å². The van der Waals surface area contributed by atoms with Crippen molar-refractivity contribution in [2.45, 2.75) is 17.8 Å². The molecule has 0 aromatic heterocycles. The molecule has 10 heteroatoms. The molecule has 0 amide bonds. The van der Waals surface area contributed by atoms with Crippen LogP contribution in [0, 0.1) is 0 Å². The average molecular weight is 465 g/mol. The maximum atomic E-state index is 13.6. The number of hydrogen-bond donors (Lipinski definition) is 0. The van der Waals surface area contributed by atoms with Gasteiger partial charge in [-0.05, 0) is 23.8 Å². The molecule has 1 heterocycles. The first-order valence-corrected chi connectivity index (χ1v) is 10.8. The van der Waals surface area contributed by atoms with E-state index in [4.69, 9.17) is 9.47 Å². The lowest BCUT2D eigenvalue weighted by atomic mass is 10.0. The summed E-state index contributed by atoms with van der Waals surface area (Å²) in [6.45, 7) is -0.0839. The second-order valence-electron chi connectivity index (χ2n) is 6.93. The maximum Gasteiger partial charge on any atom is 0.573 e. The van der Waals surface area contributed by atoms with E-state index in [9.17, 15) is 21.6 Å². The Kier molecular flexibility index (Phi) is 5.41. The molecule has 0 saturated carbocycles. The quantitative estimate of drug-likeness (QED) is 0.532. The second kappa shape index (κ2) is 7.94. The fourth-order valence-electron chi connectivity index (χ4n) is 3.59. The summed E-state index contributed by atoms with van der Waals surface area (Å²) < 4.78 is 81.3. The van der Waals surface area contributed by atoms with E-state index < -0.39 is 22.1 Å². The normalized spacial score (nSPS) is 14.3. The lowest BCUT2D eigenvalue weighted by Gasteiger charge is -2.33. The molecule has 1 aliphatic heterocycles. The van der Waals surface area contributed by atoms with Crippen LogP contribution in [-0.4, -0.2) is 29.0 Å². The van der Waals surface area contributed by atoms with Gasteiger partial charge in [0.1, 0.15) is 5.75 Å². The van der Waals surface area contributed by atoms with E-state index in [0.29, 0.717) is 22.4 Å². The minimum atomic E-state index is -4.92. The number of hydrogen-bond acceptors (Lipinski definition) is 5. The van der Waals surface area contributed by atoms with Gasteiger partial charge in [0.05, 0.1) is 31.3 Å². The topological polar surface area (TPSA) is 65.1 Å². The van der Waals surface area contributed by atoms with Crippen molar-refractivity contribution in [3.05, 3.63) is 66.2 Å². The molecule has 0 aliphatic carbocycles. The number of nitrogens with zero attached hydrogens (tertiary/aromatic N) is 1. The first-order valence-electron chi connectivity index (χ1n) is 9.37. The molecule has 3 aromatic carbocycles. The SMILES string of the molecule is COc1cc2c(cc1OC)S(=O)(=O)N(Cc1ccccc1)c1cc(OC(F)(F)F)ccc1-2. The van der Waals surface area contributed by atoms with Crippen molar-refractivity contribution in [2.24, 2.45) is 0 Å². The number of halogens is 3. The highest BCUT2D eigenvalue weighted by Crippen LogP contribution is 2.48. The highest BCUT2D eigenvalue weighted by atomic mass is 32.2. The molecule has 168 valence electrons. The van der Waals surface area contributed by atoms with Crippen LogP contribution in [0.25, 0.3) is 11.1 Å². The number of rotatable bonds is 5. The van der Waals surface area contributed by atoms with Gasteiger partial charge in [-0.2, -0.15) is 0 Å². The van der Waals surface area contributed by atoms with E-state index in [1.807, 2.05) is 0 Å². The van der Waals surface area contributed by atoms with Gasteiger partial charge in [0.15, 0.2) is 11.5 Å². The molecule has 3 aromatic rings. The van der Waals surface area contributed by atoms with Crippen LogP contribution >= 0.6 is 0 Å². The van der Waals surface area contributed by atoms with E-state index in [1.165, 1.54) is 32.4 Å². The van der Waals surface area contributed by atoms with E-state index in [0.717, 1.165) is 16.4 Å². The molecule has 4 rings (SSSR count). The van der Waals surface area contributed by atoms with Crippen molar-refractivity contribution in [3.63, 3.8) is 0 Å². The average Bonchev–Trinajstić information content (AvgIpc) is 2.75. The van der Waals surface area contributed by atoms with Crippen LogP contribution in [0.3, 0.4) is 0 Å². The van der Waals surface area contributed by atoms with Crippen LogP contribution in [0.15, 0.2) is 65.6 Å². The van der Waals surface area contributed by atoms with Gasteiger partial charge >= 0.3 is 6.36 Å². The van der Waals surface area contributed by atoms with Crippen molar-refractivity contribution in [1.29, 1.82) is 0 Å². The Hall–Kier alpha value is -3.40. The highest BCUT2D eigenvalue weighted by Gasteiger charge is 2.38. The molecule has 0 fully saturated rings. The molecule has 1 aliphatic rings. The van der Waals surface area contributed by atoms with Crippen molar-refractivity contribution < 1.29 is 35.8 Å². The maximum absolute atomic E-state index is 13.6. The van der Waals surface area contributed by atoms with Gasteiger partial charge in [0.25, 0.3) is 10.0 Å². The largest absolute Gasteiger partial charge is 0.573 e. The Bertz CT molecular complexity index is 1260. The van der Waals surface area contributed by atoms with Crippen LogP contribution in [0.1, 0.15) is 5.56 Å². The Morgan fingerprint density at radius 1 is 0.875 bits per heavy atom. The van der Waals surface area contributed by atoms with Crippen LogP contribution in [-0.2, 0) is 16.6 Å². The summed E-state index contributed by atoms with van der Waals surface area (Å²) in [6.07, 6.45) is -4.92. The third kappa shape index (κ3) is 3.93. The number of methoxy groups -OCH3 is 2. The van der Waals surface area contributed by atoms with Gasteiger partial charge in [0, 0.05) is 23.3 Å². The monoisotopic (exact) mass is 465 g/mol. The summed E-state index contributed by atoms with van der Waals surface area (Å²) in [5.74, 6) is -0.0112. The first kappa shape index (κ1) is 21.8. The molecule has 0 spiro atoms. The van der Waals surface area contributed by atoms with Crippen LogP contribution < -0.4 is 18.5 Å². The summed E-state index contributed by atoms with van der Waals surface area (Å²) in [5, 5.41) is 0. The number of sulfonamides is 1. The highest BCUT2D eigenvalue weighted by molar-refractivity contribution is 7.93. The lowest BCUT2D eigenvalue weighted by Crippen LogP contribution is -2.34. The lowest BCUT2D eigenvalue weighted by molar-refractivity contribution is -0.274. The van der Waals surface area contributed by atoms with E-state index in [2.05, 4.69) is 4.74 Å². The van der Waals surface area contributed by atoms with Gasteiger partial charge in [-0.1, -0.05) is 30.3 Å². The minimum Gasteiger partial charge on any atom is -0.493 e. The fourth-order valence-corrected chi connectivity index (χ4v) is 5.26. The summed E-state index contributed by atoms with van der Waals surface area (Å²) in [5.41, 5.74) is 1.44. The molecular formula is C22H18F3NO5S. The van der Waals surface area contributed by atoms with Gasteiger partial charge in [-0.3, -0.25) is 4.31 Å². The minimum absolute atomic E-state index is 0.0388. The zero-order valence-corrected chi connectivity index (χ0v) is 17.8. The number of alkyl halides is 3. The fraction of sp³-hybridized carbons (Fsp3) is 0.182. The van der Waals surface area contributed by atoms with Crippen LogP contribution in [0.5, 0.6) is 17.2 Å². The van der Waals surface area contributed by atoms with E-state index >= 15 is 0 Å². The number of anilines is 1. The van der Waals surface area contributed by atoms with Crippen molar-refractivity contribution in [3.8, 4) is 28.4 Å². The Morgan fingerprint density at radius 3 is 2.16 bits per heavy atom. The molecule has 0 radical (unpaired) electrons. The molecule has 0 unspecified atom stereocenters. The zero-order valence-electron chi connectivity index (χ0n) is 17.0. The van der Waals surface area contributed by atoms with E-state index in [-0.39, 0.29) is 22.9 Å². The summed E-state index contributed by atoms with van der Waals surface area (Å²) in [4.78, 5) is -0.0388. The summed E-state index contributed by atoms with van der Waals surface area (Å²) in [7, 11) is -1.36. The Morgan fingerprint density at radius 2 is 1.53 bits per heavy atom. The smallest absolute Gasteiger partial charge is 0.493 e. The Balaban J connectivity index is 1.96. The van der Waals surface area contributed by atoms with Crippen molar-refractivity contribution >= 4 is 15.7 Å². The molecule has 0 N–H and O–H groups in total. The molecule has 6 nitrogen and oxygen atoms in total. The molecule has 0 atom stereocenters. The number of ether oxygens (including phenoxy) is 3. The zero-order chi connectivity index (χ0) is 23.1. The standard InChI is InChI=1S/C22H18F3NO5S/c1-29-19-11-17-16-9-8-15(31-22(23,24)25)10-18(16)26(13-14-6-4-3-5-7-14)32(27,28)21(17)12-20(19)30-2/h3-12H,13H2,1-2H3. The van der Waals surface area contributed by atoms with Crippen molar-refractivity contribution in [1.82, 2.24) is 0 Å². The molecule has 32 heavy (non-hydrogen) atoms. The van der Waals surface area contributed by atoms with Gasteiger partial charge in [-0.15, -0.1) is 13.2 Å². The molecular weight excluding hydrogens is 447 g/mol. The Labute approximate surface area is 182 Å². The molecule has 0 saturated heterocycles. The predicted molar refractivity (Wildman–Crippen MR) is 111 cm³/mol.